The lowest BCUT2D eigenvalue weighted by atomic mass is 9.81. The van der Waals surface area contributed by atoms with Crippen molar-refractivity contribution in [2.45, 2.75) is 39.5 Å². The summed E-state index contributed by atoms with van der Waals surface area (Å²) in [5.41, 5.74) is 5.57. The molecule has 0 saturated carbocycles. The van der Waals surface area contributed by atoms with Crippen LogP contribution in [0.25, 0.3) is 0 Å². The van der Waals surface area contributed by atoms with Crippen LogP contribution >= 0.6 is 12.2 Å². The molecule has 1 unspecified atom stereocenters. The molecule has 5 nitrogen and oxygen atoms in total. The predicted octanol–water partition coefficient (Wildman–Crippen LogP) is 1.35. The van der Waals surface area contributed by atoms with Gasteiger partial charge in [-0.1, -0.05) is 26.1 Å². The van der Waals surface area contributed by atoms with Crippen LogP contribution in [0.5, 0.6) is 0 Å². The third kappa shape index (κ3) is 3.16. The number of nitrogens with zero attached hydrogens (tertiary/aromatic N) is 2. The first-order valence-electron chi connectivity index (χ1n) is 7.31. The van der Waals surface area contributed by atoms with Crippen molar-refractivity contribution < 1.29 is 8.42 Å². The Balaban J connectivity index is 2.03. The van der Waals surface area contributed by atoms with Gasteiger partial charge in [0.1, 0.15) is 0 Å². The highest BCUT2D eigenvalue weighted by Crippen LogP contribution is 2.33. The fraction of sp³-hybridized carbons (Fsp3) is 0.923. The molecular formula is C13H25N3O2S2. The van der Waals surface area contributed by atoms with E-state index in [2.05, 4.69) is 6.92 Å². The van der Waals surface area contributed by atoms with Gasteiger partial charge < -0.3 is 5.73 Å². The van der Waals surface area contributed by atoms with E-state index >= 15 is 0 Å². The quantitative estimate of drug-likeness (QED) is 0.798. The summed E-state index contributed by atoms with van der Waals surface area (Å²) in [6.45, 7) is 6.47. The molecule has 1 atom stereocenters. The minimum atomic E-state index is -3.31. The molecule has 0 amide bonds. The molecule has 0 radical (unpaired) electrons. The van der Waals surface area contributed by atoms with E-state index in [1.807, 2.05) is 6.92 Å². The molecule has 20 heavy (non-hydrogen) atoms. The van der Waals surface area contributed by atoms with E-state index in [0.717, 1.165) is 12.8 Å². The monoisotopic (exact) mass is 319 g/mol. The van der Waals surface area contributed by atoms with Crippen molar-refractivity contribution in [3.63, 3.8) is 0 Å². The van der Waals surface area contributed by atoms with Crippen LogP contribution in [0.3, 0.4) is 0 Å². The van der Waals surface area contributed by atoms with Crippen LogP contribution < -0.4 is 5.73 Å². The first-order valence-corrected chi connectivity index (χ1v) is 9.11. The average molecular weight is 319 g/mol. The molecule has 2 saturated heterocycles. The Bertz CT molecular complexity index is 470. The van der Waals surface area contributed by atoms with Crippen molar-refractivity contribution in [3.05, 3.63) is 0 Å². The van der Waals surface area contributed by atoms with Crippen molar-refractivity contribution in [1.82, 2.24) is 8.61 Å². The number of piperidine rings is 2. The van der Waals surface area contributed by atoms with Crippen LogP contribution in [0.2, 0.25) is 0 Å². The first kappa shape index (κ1) is 16.1. The average Bonchev–Trinajstić information content (AvgIpc) is 2.39. The zero-order valence-corrected chi connectivity index (χ0v) is 14.0. The van der Waals surface area contributed by atoms with E-state index in [-0.39, 0.29) is 5.41 Å². The van der Waals surface area contributed by atoms with Gasteiger partial charge in [0.2, 0.25) is 0 Å². The topological polar surface area (TPSA) is 66.6 Å². The van der Waals surface area contributed by atoms with Crippen molar-refractivity contribution in [2.75, 3.05) is 26.2 Å². The summed E-state index contributed by atoms with van der Waals surface area (Å²) in [4.78, 5) is 0.501. The lowest BCUT2D eigenvalue weighted by Crippen LogP contribution is -2.52. The Kier molecular flexibility index (Phi) is 4.73. The summed E-state index contributed by atoms with van der Waals surface area (Å²) < 4.78 is 28.6. The Morgan fingerprint density at radius 2 is 1.85 bits per heavy atom. The fourth-order valence-corrected chi connectivity index (χ4v) is 4.95. The van der Waals surface area contributed by atoms with E-state index in [9.17, 15) is 8.42 Å². The van der Waals surface area contributed by atoms with Crippen LogP contribution in [0.15, 0.2) is 0 Å². The first-order chi connectivity index (χ1) is 9.25. The zero-order valence-electron chi connectivity index (χ0n) is 12.3. The highest BCUT2D eigenvalue weighted by Gasteiger charge is 2.39. The zero-order chi connectivity index (χ0) is 15.0. The molecule has 2 heterocycles. The summed E-state index contributed by atoms with van der Waals surface area (Å²) in [7, 11) is -3.31. The van der Waals surface area contributed by atoms with Gasteiger partial charge in [0.15, 0.2) is 0 Å². The third-order valence-corrected chi connectivity index (χ3v) is 7.19. The maximum Gasteiger partial charge on any atom is 0.281 e. The van der Waals surface area contributed by atoms with E-state index in [0.29, 0.717) is 49.9 Å². The number of hydrogen-bond donors (Lipinski definition) is 1. The number of nitrogens with two attached hydrogens (primary N) is 1. The van der Waals surface area contributed by atoms with Crippen molar-refractivity contribution in [3.8, 4) is 0 Å². The second-order valence-corrected chi connectivity index (χ2v) is 8.81. The van der Waals surface area contributed by atoms with Gasteiger partial charge in [-0.3, -0.25) is 0 Å². The van der Waals surface area contributed by atoms with Crippen molar-refractivity contribution in [2.24, 2.45) is 17.1 Å². The predicted molar refractivity (Wildman–Crippen MR) is 84.6 cm³/mol. The van der Waals surface area contributed by atoms with Crippen LogP contribution in [0.1, 0.15) is 39.5 Å². The molecule has 0 aliphatic carbocycles. The lowest BCUT2D eigenvalue weighted by molar-refractivity contribution is 0.212. The van der Waals surface area contributed by atoms with Gasteiger partial charge in [0.25, 0.3) is 10.2 Å². The molecule has 0 bridgehead atoms. The van der Waals surface area contributed by atoms with Gasteiger partial charge in [0.05, 0.1) is 4.99 Å². The molecular weight excluding hydrogens is 294 g/mol. The largest absolute Gasteiger partial charge is 0.393 e. The molecule has 0 aromatic rings. The van der Waals surface area contributed by atoms with Gasteiger partial charge in [-0.25, -0.2) is 0 Å². The number of thiocarbonyl (C=S) groups is 1. The highest BCUT2D eigenvalue weighted by atomic mass is 32.2. The summed E-state index contributed by atoms with van der Waals surface area (Å²) >= 11 is 5.10. The summed E-state index contributed by atoms with van der Waals surface area (Å²) in [5.74, 6) is 0.449. The van der Waals surface area contributed by atoms with Crippen LogP contribution in [-0.2, 0) is 10.2 Å². The minimum Gasteiger partial charge on any atom is -0.393 e. The van der Waals surface area contributed by atoms with Crippen LogP contribution in [-0.4, -0.2) is 48.2 Å². The maximum atomic E-state index is 12.7. The lowest BCUT2D eigenvalue weighted by Gasteiger charge is -2.41. The van der Waals surface area contributed by atoms with Crippen molar-refractivity contribution >= 4 is 27.4 Å². The molecule has 7 heteroatoms. The number of rotatable bonds is 3. The Morgan fingerprint density at radius 1 is 1.25 bits per heavy atom. The van der Waals surface area contributed by atoms with E-state index in [1.54, 1.807) is 8.61 Å². The Morgan fingerprint density at radius 3 is 2.35 bits per heavy atom. The number of hydrogen-bond acceptors (Lipinski definition) is 3. The van der Waals surface area contributed by atoms with E-state index in [1.165, 1.54) is 0 Å². The van der Waals surface area contributed by atoms with E-state index < -0.39 is 10.2 Å². The molecule has 0 aromatic carbocycles. The van der Waals surface area contributed by atoms with Crippen LogP contribution in [0.4, 0.5) is 0 Å². The maximum absolute atomic E-state index is 12.7. The van der Waals surface area contributed by atoms with Gasteiger partial charge in [0, 0.05) is 31.6 Å². The van der Waals surface area contributed by atoms with Gasteiger partial charge in [-0.2, -0.15) is 17.0 Å². The highest BCUT2D eigenvalue weighted by molar-refractivity contribution is 7.86. The summed E-state index contributed by atoms with van der Waals surface area (Å²) in [5, 5.41) is 0. The molecule has 0 spiro atoms. The smallest absolute Gasteiger partial charge is 0.281 e. The molecule has 2 aliphatic rings. The molecule has 0 aromatic heterocycles. The van der Waals surface area contributed by atoms with Gasteiger partial charge >= 0.3 is 0 Å². The van der Waals surface area contributed by atoms with Gasteiger partial charge in [-0.05, 0) is 31.6 Å². The molecule has 2 rings (SSSR count). The second kappa shape index (κ2) is 5.87. The second-order valence-electron chi connectivity index (χ2n) is 6.44. The third-order valence-electron chi connectivity index (χ3n) is 4.69. The molecule has 2 aliphatic heterocycles. The minimum absolute atomic E-state index is 0.198. The molecule has 2 fully saturated rings. The standard InChI is InChI=1S/C13H25N3O2S2/c1-11-4-3-7-16(10-11)20(17,18)15-8-5-13(2,6-9-15)12(14)19/h11H,3-10H2,1-2H3,(H2,14,19). The molecule has 116 valence electrons. The summed E-state index contributed by atoms with van der Waals surface area (Å²) in [6.07, 6.45) is 3.50. The Labute approximate surface area is 127 Å². The van der Waals surface area contributed by atoms with E-state index in [4.69, 9.17) is 18.0 Å². The van der Waals surface area contributed by atoms with Crippen LogP contribution in [0, 0.1) is 11.3 Å². The molecule has 2 N–H and O–H groups in total. The van der Waals surface area contributed by atoms with Crippen molar-refractivity contribution in [1.29, 1.82) is 0 Å². The Hall–Kier alpha value is -0.240. The SMILES string of the molecule is CC1CCCN(S(=O)(=O)N2CCC(C)(C(N)=S)CC2)C1. The fourth-order valence-electron chi connectivity index (χ4n) is 2.98. The normalized spacial score (nSPS) is 29.2. The van der Waals surface area contributed by atoms with Gasteiger partial charge in [-0.15, -0.1) is 0 Å². The summed E-state index contributed by atoms with van der Waals surface area (Å²) in [6, 6.07) is 0.